The number of likely N-dealkylation sites (tertiary alicyclic amines) is 1. The van der Waals surface area contributed by atoms with Crippen molar-refractivity contribution in [2.24, 2.45) is 0 Å². The van der Waals surface area contributed by atoms with E-state index < -0.39 is 6.09 Å². The van der Waals surface area contributed by atoms with E-state index in [0.717, 1.165) is 39.0 Å². The van der Waals surface area contributed by atoms with Crippen molar-refractivity contribution < 1.29 is 28.5 Å². The van der Waals surface area contributed by atoms with Gasteiger partial charge in [0.15, 0.2) is 0 Å². The number of ether oxygens (including phenoxy) is 3. The fourth-order valence-electron chi connectivity index (χ4n) is 5.07. The van der Waals surface area contributed by atoms with E-state index in [1.54, 1.807) is 19.2 Å². The van der Waals surface area contributed by atoms with Crippen LogP contribution in [-0.4, -0.2) is 42.4 Å². The summed E-state index contributed by atoms with van der Waals surface area (Å²) in [6, 6.07) is 26.2. The van der Waals surface area contributed by atoms with E-state index in [1.807, 2.05) is 54.6 Å². The lowest BCUT2D eigenvalue weighted by Crippen LogP contribution is -2.46. The summed E-state index contributed by atoms with van der Waals surface area (Å²) in [5.41, 5.74) is 2.81. The zero-order valence-corrected chi connectivity index (χ0v) is 21.2. The Bertz CT molecular complexity index is 1410. The van der Waals surface area contributed by atoms with Crippen molar-refractivity contribution >= 4 is 16.9 Å². The monoisotopic (exact) mass is 515 g/mol. The third-order valence-electron chi connectivity index (χ3n) is 7.05. The van der Waals surface area contributed by atoms with Gasteiger partial charge in [0, 0.05) is 23.4 Å². The molecule has 1 heterocycles. The number of methoxy groups -OCH3 is 1. The molecule has 0 spiro atoms. The minimum atomic E-state index is -0.964. The summed E-state index contributed by atoms with van der Waals surface area (Å²) < 4.78 is 31.6. The summed E-state index contributed by atoms with van der Waals surface area (Å²) in [7, 11) is 1.64. The van der Waals surface area contributed by atoms with Crippen LogP contribution in [0.5, 0.6) is 11.5 Å². The number of hydrogen-bond donors (Lipinski definition) is 1. The zero-order chi connectivity index (χ0) is 26.5. The Labute approximate surface area is 221 Å². The van der Waals surface area contributed by atoms with Crippen LogP contribution in [0.2, 0.25) is 0 Å². The lowest BCUT2D eigenvalue weighted by molar-refractivity contribution is -0.0199. The molecule has 4 aromatic carbocycles. The van der Waals surface area contributed by atoms with E-state index in [0.29, 0.717) is 19.6 Å². The highest BCUT2D eigenvalue weighted by atomic mass is 19.1. The van der Waals surface area contributed by atoms with Crippen LogP contribution in [0.3, 0.4) is 0 Å². The van der Waals surface area contributed by atoms with Gasteiger partial charge in [-0.15, -0.1) is 0 Å². The number of para-hydroxylation sites is 1. The fourth-order valence-corrected chi connectivity index (χ4v) is 5.07. The first-order valence-electron chi connectivity index (χ1n) is 12.6. The first kappa shape index (κ1) is 25.5. The lowest BCUT2D eigenvalue weighted by atomic mass is 9.87. The molecule has 4 aromatic rings. The molecule has 6 nitrogen and oxygen atoms in total. The Morgan fingerprint density at radius 2 is 1.74 bits per heavy atom. The summed E-state index contributed by atoms with van der Waals surface area (Å²) in [5.74, 6) is 1.17. The van der Waals surface area contributed by atoms with E-state index in [-0.39, 0.29) is 31.0 Å². The Morgan fingerprint density at radius 1 is 0.974 bits per heavy atom. The topological polar surface area (TPSA) is 68.2 Å². The molecular weight excluding hydrogens is 485 g/mol. The Morgan fingerprint density at radius 3 is 2.53 bits per heavy atom. The molecule has 0 bridgehead atoms. The summed E-state index contributed by atoms with van der Waals surface area (Å²) in [5, 5.41) is 11.6. The second-order valence-corrected chi connectivity index (χ2v) is 9.44. The van der Waals surface area contributed by atoms with Gasteiger partial charge >= 0.3 is 6.09 Å². The van der Waals surface area contributed by atoms with Crippen molar-refractivity contribution in [3.63, 3.8) is 0 Å². The highest BCUT2D eigenvalue weighted by Gasteiger charge is 2.33. The number of carbonyl (C=O) groups is 1. The van der Waals surface area contributed by atoms with E-state index >= 15 is 0 Å². The predicted molar refractivity (Wildman–Crippen MR) is 143 cm³/mol. The van der Waals surface area contributed by atoms with Gasteiger partial charge in [0.25, 0.3) is 0 Å². The molecule has 5 rings (SSSR count). The van der Waals surface area contributed by atoms with Gasteiger partial charge in [-0.05, 0) is 53.3 Å². The van der Waals surface area contributed by atoms with Crippen LogP contribution in [0, 0.1) is 5.82 Å². The number of rotatable bonds is 8. The minimum Gasteiger partial charge on any atom is -0.496 e. The van der Waals surface area contributed by atoms with E-state index in [2.05, 4.69) is 6.07 Å². The largest absolute Gasteiger partial charge is 0.496 e. The van der Waals surface area contributed by atoms with Crippen LogP contribution in [-0.2, 0) is 18.0 Å². The fraction of sp³-hybridized carbons (Fsp3) is 0.258. The molecule has 0 radical (unpaired) electrons. The van der Waals surface area contributed by atoms with Crippen molar-refractivity contribution in [2.45, 2.75) is 31.7 Å². The molecule has 0 aromatic heterocycles. The first-order chi connectivity index (χ1) is 18.5. The molecular formula is C31H30FNO5. The molecule has 1 N–H and O–H groups in total. The van der Waals surface area contributed by atoms with Crippen LogP contribution in [0.15, 0.2) is 84.9 Å². The van der Waals surface area contributed by atoms with Gasteiger partial charge in [-0.25, -0.2) is 9.18 Å². The Kier molecular flexibility index (Phi) is 7.75. The predicted octanol–water partition coefficient (Wildman–Crippen LogP) is 6.62. The standard InChI is InChI=1S/C31H30FNO5/c1-36-28-9-5-3-7-24(28)20-38-29-17-21(16-23-6-2-4-8-26(23)29)19-37-30-18-33(31(34)35)15-14-27(30)22-10-12-25(32)13-11-22/h2-13,16-17,27,30H,14-15,18-20H2,1H3,(H,34,35). The first-order valence-corrected chi connectivity index (χ1v) is 12.6. The van der Waals surface area contributed by atoms with Gasteiger partial charge in [-0.3, -0.25) is 0 Å². The average molecular weight is 516 g/mol. The molecule has 1 saturated heterocycles. The summed E-state index contributed by atoms with van der Waals surface area (Å²) in [6.45, 7) is 1.29. The maximum absolute atomic E-state index is 13.5. The molecule has 1 aliphatic heterocycles. The number of nitrogens with zero attached hydrogens (tertiary/aromatic N) is 1. The third-order valence-corrected chi connectivity index (χ3v) is 7.05. The van der Waals surface area contributed by atoms with Gasteiger partial charge in [0.1, 0.15) is 23.9 Å². The summed E-state index contributed by atoms with van der Waals surface area (Å²) >= 11 is 0. The summed E-state index contributed by atoms with van der Waals surface area (Å²) in [6.07, 6.45) is -0.725. The Hall–Kier alpha value is -4.10. The number of halogens is 1. The van der Waals surface area contributed by atoms with Crippen molar-refractivity contribution in [2.75, 3.05) is 20.2 Å². The van der Waals surface area contributed by atoms with Gasteiger partial charge in [-0.2, -0.15) is 0 Å². The van der Waals surface area contributed by atoms with Crippen LogP contribution in [0.1, 0.15) is 29.0 Å². The van der Waals surface area contributed by atoms with Gasteiger partial charge < -0.3 is 24.2 Å². The maximum atomic E-state index is 13.5. The maximum Gasteiger partial charge on any atom is 0.407 e. The molecule has 7 heteroatoms. The van der Waals surface area contributed by atoms with E-state index in [1.165, 1.54) is 17.0 Å². The highest BCUT2D eigenvalue weighted by molar-refractivity contribution is 5.89. The average Bonchev–Trinajstić information content (AvgIpc) is 2.95. The van der Waals surface area contributed by atoms with Crippen molar-refractivity contribution in [1.82, 2.24) is 4.90 Å². The van der Waals surface area contributed by atoms with Crippen molar-refractivity contribution in [3.8, 4) is 11.5 Å². The molecule has 0 saturated carbocycles. The zero-order valence-electron chi connectivity index (χ0n) is 21.2. The van der Waals surface area contributed by atoms with Gasteiger partial charge in [-0.1, -0.05) is 54.6 Å². The van der Waals surface area contributed by atoms with Crippen LogP contribution < -0.4 is 9.47 Å². The normalized spacial score (nSPS) is 17.4. The van der Waals surface area contributed by atoms with E-state index in [9.17, 15) is 14.3 Å². The number of hydrogen-bond acceptors (Lipinski definition) is 4. The number of carboxylic acid groups (broad SMARTS) is 1. The number of fused-ring (bicyclic) bond motifs is 1. The third kappa shape index (κ3) is 5.73. The Balaban J connectivity index is 1.38. The molecule has 1 aliphatic rings. The van der Waals surface area contributed by atoms with E-state index in [4.69, 9.17) is 14.2 Å². The van der Waals surface area contributed by atoms with Crippen molar-refractivity contribution in [3.05, 3.63) is 107 Å². The molecule has 1 amide bonds. The molecule has 2 unspecified atom stereocenters. The molecule has 196 valence electrons. The number of benzene rings is 4. The minimum absolute atomic E-state index is 0.0343. The second kappa shape index (κ2) is 11.5. The van der Waals surface area contributed by atoms with Gasteiger partial charge in [0.2, 0.25) is 0 Å². The SMILES string of the molecule is COc1ccccc1COc1cc(COC2CN(C(=O)O)CCC2c2ccc(F)cc2)cc2ccccc12. The quantitative estimate of drug-likeness (QED) is 0.286. The summed E-state index contributed by atoms with van der Waals surface area (Å²) in [4.78, 5) is 13.1. The second-order valence-electron chi connectivity index (χ2n) is 9.44. The number of amides is 1. The molecule has 1 fully saturated rings. The molecule has 0 aliphatic carbocycles. The van der Waals surface area contributed by atoms with Crippen LogP contribution in [0.4, 0.5) is 9.18 Å². The smallest absolute Gasteiger partial charge is 0.407 e. The van der Waals surface area contributed by atoms with Gasteiger partial charge in [0.05, 0.1) is 26.4 Å². The highest BCUT2D eigenvalue weighted by Crippen LogP contribution is 2.33. The lowest BCUT2D eigenvalue weighted by Gasteiger charge is -2.37. The molecule has 38 heavy (non-hydrogen) atoms. The van der Waals surface area contributed by atoms with Crippen LogP contribution >= 0.6 is 0 Å². The molecule has 2 atom stereocenters. The van der Waals surface area contributed by atoms with Crippen LogP contribution in [0.25, 0.3) is 10.8 Å². The van der Waals surface area contributed by atoms with Crippen molar-refractivity contribution in [1.29, 1.82) is 0 Å². The number of piperidine rings is 1.